The van der Waals surface area contributed by atoms with Gasteiger partial charge in [0.1, 0.15) is 5.82 Å². The van der Waals surface area contributed by atoms with Crippen molar-refractivity contribution >= 4 is 0 Å². The second-order valence-corrected chi connectivity index (χ2v) is 4.78. The fraction of sp³-hybridized carbons (Fsp3) is 0.385. The lowest BCUT2D eigenvalue weighted by Gasteiger charge is -2.02. The molecule has 1 fully saturated rings. The van der Waals surface area contributed by atoms with Gasteiger partial charge in [0.15, 0.2) is 5.82 Å². The van der Waals surface area contributed by atoms with E-state index < -0.39 is 0 Å². The Morgan fingerprint density at radius 3 is 2.94 bits per heavy atom. The minimum absolute atomic E-state index is 0.170. The molecular formula is C13H14FN3O. The van der Waals surface area contributed by atoms with Crippen LogP contribution in [0.5, 0.6) is 0 Å². The molecular weight excluding hydrogens is 233 g/mol. The lowest BCUT2D eigenvalue weighted by Crippen LogP contribution is -2.13. The fourth-order valence-corrected chi connectivity index (χ4v) is 1.97. The summed E-state index contributed by atoms with van der Waals surface area (Å²) >= 11 is 0. The molecule has 18 heavy (non-hydrogen) atoms. The molecule has 0 spiro atoms. The average molecular weight is 247 g/mol. The largest absolute Gasteiger partial charge is 0.334 e. The van der Waals surface area contributed by atoms with Gasteiger partial charge < -0.3 is 10.3 Å². The predicted molar refractivity (Wildman–Crippen MR) is 64.1 cm³/mol. The van der Waals surface area contributed by atoms with Crippen molar-refractivity contribution in [1.82, 2.24) is 10.1 Å². The van der Waals surface area contributed by atoms with Crippen LogP contribution < -0.4 is 5.73 Å². The topological polar surface area (TPSA) is 64.9 Å². The van der Waals surface area contributed by atoms with Crippen molar-refractivity contribution in [2.45, 2.75) is 25.8 Å². The van der Waals surface area contributed by atoms with Crippen LogP contribution in [0.25, 0.3) is 11.5 Å². The molecule has 1 aromatic heterocycles. The van der Waals surface area contributed by atoms with Crippen molar-refractivity contribution < 1.29 is 8.91 Å². The van der Waals surface area contributed by atoms with Crippen LogP contribution in [0.15, 0.2) is 22.7 Å². The highest BCUT2D eigenvalue weighted by atomic mass is 19.1. The highest BCUT2D eigenvalue weighted by Crippen LogP contribution is 2.38. The van der Waals surface area contributed by atoms with E-state index in [-0.39, 0.29) is 11.9 Å². The third kappa shape index (κ3) is 2.01. The van der Waals surface area contributed by atoms with E-state index in [0.717, 1.165) is 18.4 Å². The van der Waals surface area contributed by atoms with Gasteiger partial charge in [-0.15, -0.1) is 0 Å². The number of rotatable bonds is 3. The molecule has 0 radical (unpaired) electrons. The molecule has 0 aliphatic heterocycles. The summed E-state index contributed by atoms with van der Waals surface area (Å²) in [7, 11) is 0. The first-order valence-electron chi connectivity index (χ1n) is 6.01. The van der Waals surface area contributed by atoms with Gasteiger partial charge >= 0.3 is 0 Å². The van der Waals surface area contributed by atoms with Gasteiger partial charge in [-0.25, -0.2) is 4.39 Å². The molecule has 2 N–H and O–H groups in total. The zero-order valence-electron chi connectivity index (χ0n) is 10.1. The highest BCUT2D eigenvalue weighted by molar-refractivity contribution is 5.58. The first-order valence-corrected chi connectivity index (χ1v) is 6.01. The van der Waals surface area contributed by atoms with Crippen molar-refractivity contribution in [1.29, 1.82) is 0 Å². The molecule has 1 unspecified atom stereocenters. The molecule has 0 amide bonds. The molecule has 0 saturated heterocycles. The molecule has 3 rings (SSSR count). The minimum atomic E-state index is -0.318. The van der Waals surface area contributed by atoms with Crippen LogP contribution in [0.2, 0.25) is 0 Å². The second kappa shape index (κ2) is 4.17. The van der Waals surface area contributed by atoms with E-state index in [1.54, 1.807) is 6.07 Å². The van der Waals surface area contributed by atoms with Gasteiger partial charge in [0.25, 0.3) is 5.89 Å². The van der Waals surface area contributed by atoms with E-state index in [1.807, 2.05) is 6.92 Å². The zero-order valence-corrected chi connectivity index (χ0v) is 10.1. The molecule has 1 atom stereocenters. The van der Waals surface area contributed by atoms with E-state index in [1.165, 1.54) is 12.1 Å². The van der Waals surface area contributed by atoms with Gasteiger partial charge in [-0.05, 0) is 43.4 Å². The van der Waals surface area contributed by atoms with Crippen LogP contribution in [0.3, 0.4) is 0 Å². The summed E-state index contributed by atoms with van der Waals surface area (Å²) in [4.78, 5) is 4.27. The van der Waals surface area contributed by atoms with Crippen molar-refractivity contribution in [2.24, 2.45) is 11.7 Å². The number of aryl methyl sites for hydroxylation is 1. The standard InChI is InChI=1S/C13H14FN3O/c1-7-2-5-9(14)6-10(7)13-16-12(17-18-13)11(15)8-3-4-8/h2,5-6,8,11H,3-4,15H2,1H3. The summed E-state index contributed by atoms with van der Waals surface area (Å²) in [6.07, 6.45) is 2.23. The molecule has 1 aliphatic carbocycles. The van der Waals surface area contributed by atoms with Gasteiger partial charge in [-0.3, -0.25) is 0 Å². The van der Waals surface area contributed by atoms with Gasteiger partial charge in [0.05, 0.1) is 6.04 Å². The van der Waals surface area contributed by atoms with Gasteiger partial charge in [-0.1, -0.05) is 11.2 Å². The summed E-state index contributed by atoms with van der Waals surface area (Å²) in [6, 6.07) is 4.33. The summed E-state index contributed by atoms with van der Waals surface area (Å²) in [5, 5.41) is 3.89. The normalized spacial score (nSPS) is 16.8. The number of nitrogens with two attached hydrogens (primary N) is 1. The fourth-order valence-electron chi connectivity index (χ4n) is 1.97. The van der Waals surface area contributed by atoms with E-state index in [0.29, 0.717) is 23.2 Å². The van der Waals surface area contributed by atoms with Gasteiger partial charge in [0.2, 0.25) is 0 Å². The molecule has 1 aromatic carbocycles. The number of halogens is 1. The summed E-state index contributed by atoms with van der Waals surface area (Å²) in [5.74, 6) is 0.986. The minimum Gasteiger partial charge on any atom is -0.334 e. The van der Waals surface area contributed by atoms with Crippen LogP contribution in [0, 0.1) is 18.7 Å². The molecule has 1 aliphatic rings. The molecule has 1 heterocycles. The van der Waals surface area contributed by atoms with E-state index in [9.17, 15) is 4.39 Å². The Balaban J connectivity index is 1.94. The smallest absolute Gasteiger partial charge is 0.258 e. The lowest BCUT2D eigenvalue weighted by atomic mass is 10.1. The van der Waals surface area contributed by atoms with Gasteiger partial charge in [-0.2, -0.15) is 4.98 Å². The van der Waals surface area contributed by atoms with E-state index in [4.69, 9.17) is 10.3 Å². The molecule has 5 heteroatoms. The van der Waals surface area contributed by atoms with Crippen LogP contribution in [0.1, 0.15) is 30.3 Å². The molecule has 0 bridgehead atoms. The predicted octanol–water partition coefficient (Wildman–Crippen LogP) is 2.59. The Hall–Kier alpha value is -1.75. The second-order valence-electron chi connectivity index (χ2n) is 4.78. The van der Waals surface area contributed by atoms with Crippen molar-refractivity contribution in [3.63, 3.8) is 0 Å². The van der Waals surface area contributed by atoms with Crippen molar-refractivity contribution in [3.8, 4) is 11.5 Å². The molecule has 2 aromatic rings. The Labute approximate surface area is 104 Å². The number of nitrogens with zero attached hydrogens (tertiary/aromatic N) is 2. The molecule has 94 valence electrons. The summed E-state index contributed by atoms with van der Waals surface area (Å²) < 4.78 is 18.4. The maximum absolute atomic E-state index is 13.2. The lowest BCUT2D eigenvalue weighted by molar-refractivity contribution is 0.411. The number of aromatic nitrogens is 2. The Morgan fingerprint density at radius 1 is 1.44 bits per heavy atom. The third-order valence-electron chi connectivity index (χ3n) is 3.30. The first-order chi connectivity index (χ1) is 8.65. The summed E-state index contributed by atoms with van der Waals surface area (Å²) in [6.45, 7) is 1.87. The number of hydrogen-bond acceptors (Lipinski definition) is 4. The Bertz CT molecular complexity index is 577. The highest BCUT2D eigenvalue weighted by Gasteiger charge is 2.32. The van der Waals surface area contributed by atoms with Crippen LogP contribution in [-0.2, 0) is 0 Å². The molecule has 4 nitrogen and oxygen atoms in total. The Kier molecular flexibility index (Phi) is 2.63. The molecule has 1 saturated carbocycles. The van der Waals surface area contributed by atoms with Gasteiger partial charge in [0, 0.05) is 5.56 Å². The van der Waals surface area contributed by atoms with Crippen LogP contribution in [-0.4, -0.2) is 10.1 Å². The maximum Gasteiger partial charge on any atom is 0.258 e. The van der Waals surface area contributed by atoms with E-state index >= 15 is 0 Å². The average Bonchev–Trinajstić information content (AvgIpc) is 3.09. The van der Waals surface area contributed by atoms with Crippen molar-refractivity contribution in [2.75, 3.05) is 0 Å². The summed E-state index contributed by atoms with van der Waals surface area (Å²) in [5.41, 5.74) is 7.52. The zero-order chi connectivity index (χ0) is 12.7. The third-order valence-corrected chi connectivity index (χ3v) is 3.30. The number of benzene rings is 1. The number of hydrogen-bond donors (Lipinski definition) is 1. The maximum atomic E-state index is 13.2. The Morgan fingerprint density at radius 2 is 2.22 bits per heavy atom. The SMILES string of the molecule is Cc1ccc(F)cc1-c1nc(C(N)C2CC2)no1. The van der Waals surface area contributed by atoms with Crippen molar-refractivity contribution in [3.05, 3.63) is 35.4 Å². The first kappa shape index (κ1) is 11.3. The monoisotopic (exact) mass is 247 g/mol. The quantitative estimate of drug-likeness (QED) is 0.905. The van der Waals surface area contributed by atoms with E-state index in [2.05, 4.69) is 10.1 Å². The van der Waals surface area contributed by atoms with Crippen LogP contribution in [0.4, 0.5) is 4.39 Å². The van der Waals surface area contributed by atoms with Crippen LogP contribution >= 0.6 is 0 Å².